The van der Waals surface area contributed by atoms with E-state index in [1.54, 1.807) is 6.07 Å². The molecule has 2 heterocycles. The van der Waals surface area contributed by atoms with E-state index in [1.807, 2.05) is 25.7 Å². The molecule has 2 aliphatic rings. The molecular formula is C19H27N3O5. The fraction of sp³-hybridized carbons (Fsp3) is 0.632. The second-order valence-corrected chi connectivity index (χ2v) is 8.35. The quantitative estimate of drug-likeness (QED) is 0.642. The molecule has 0 radical (unpaired) electrons. The Balaban J connectivity index is 1.84. The van der Waals surface area contributed by atoms with Gasteiger partial charge in [0.25, 0.3) is 5.69 Å². The van der Waals surface area contributed by atoms with Crippen molar-refractivity contribution in [2.24, 2.45) is 5.92 Å². The van der Waals surface area contributed by atoms with Crippen LogP contribution in [0.25, 0.3) is 0 Å². The van der Waals surface area contributed by atoms with Crippen LogP contribution in [-0.2, 0) is 11.2 Å². The predicted octanol–water partition coefficient (Wildman–Crippen LogP) is 3.27. The number of nitro benzene ring substituents is 1. The number of ether oxygens (including phenoxy) is 2. The maximum Gasteiger partial charge on any atom is 0.407 e. The number of fused-ring (bicyclic) bond motifs is 1. The molecule has 2 aliphatic heterocycles. The average Bonchev–Trinajstić information content (AvgIpc) is 2.99. The Hall–Kier alpha value is -2.51. The molecule has 0 saturated carbocycles. The van der Waals surface area contributed by atoms with E-state index >= 15 is 0 Å². The Bertz CT molecular complexity index is 744. The molecule has 8 heteroatoms. The highest BCUT2D eigenvalue weighted by molar-refractivity contribution is 5.73. The van der Waals surface area contributed by atoms with E-state index in [2.05, 4.69) is 12.2 Å². The van der Waals surface area contributed by atoms with Crippen molar-refractivity contribution in [3.63, 3.8) is 0 Å². The summed E-state index contributed by atoms with van der Waals surface area (Å²) in [6, 6.07) is 3.05. The van der Waals surface area contributed by atoms with E-state index in [4.69, 9.17) is 9.47 Å². The molecule has 0 unspecified atom stereocenters. The largest absolute Gasteiger partial charge is 0.493 e. The highest BCUT2D eigenvalue weighted by atomic mass is 16.6. The Morgan fingerprint density at radius 1 is 1.37 bits per heavy atom. The number of hydrogen-bond donors (Lipinski definition) is 1. The lowest BCUT2D eigenvalue weighted by Gasteiger charge is -2.38. The SMILES string of the molecule is C[C@@H]1C[C@H](NC(=O)OC(C)(C)C)CN(c2c([N+](=O)[O-])ccc3c2CCO3)C1. The van der Waals surface area contributed by atoms with Crippen molar-refractivity contribution in [2.45, 2.75) is 52.2 Å². The topological polar surface area (TPSA) is 93.9 Å². The van der Waals surface area contributed by atoms with Gasteiger partial charge in [0.1, 0.15) is 17.0 Å². The molecule has 8 nitrogen and oxygen atoms in total. The van der Waals surface area contributed by atoms with Crippen molar-refractivity contribution >= 4 is 17.5 Å². The van der Waals surface area contributed by atoms with Gasteiger partial charge in [0.05, 0.1) is 11.5 Å². The lowest BCUT2D eigenvalue weighted by atomic mass is 9.94. The van der Waals surface area contributed by atoms with Crippen LogP contribution >= 0.6 is 0 Å². The van der Waals surface area contributed by atoms with Crippen LogP contribution in [0.2, 0.25) is 0 Å². The molecule has 2 atom stereocenters. The van der Waals surface area contributed by atoms with Gasteiger partial charge >= 0.3 is 6.09 Å². The predicted molar refractivity (Wildman–Crippen MR) is 101 cm³/mol. The summed E-state index contributed by atoms with van der Waals surface area (Å²) in [7, 11) is 0. The summed E-state index contributed by atoms with van der Waals surface area (Å²) in [5, 5.41) is 14.5. The van der Waals surface area contributed by atoms with Crippen molar-refractivity contribution in [3.05, 3.63) is 27.8 Å². The molecule has 27 heavy (non-hydrogen) atoms. The average molecular weight is 377 g/mol. The van der Waals surface area contributed by atoms with Gasteiger partial charge in [-0.1, -0.05) is 6.92 Å². The minimum atomic E-state index is -0.569. The minimum Gasteiger partial charge on any atom is -0.493 e. The molecule has 1 fully saturated rings. The van der Waals surface area contributed by atoms with Crippen molar-refractivity contribution in [3.8, 4) is 5.75 Å². The highest BCUT2D eigenvalue weighted by Crippen LogP contribution is 2.42. The second kappa shape index (κ2) is 7.25. The molecule has 1 saturated heterocycles. The third-order valence-corrected chi connectivity index (χ3v) is 4.72. The molecule has 0 aromatic heterocycles. The van der Waals surface area contributed by atoms with Gasteiger partial charge in [-0.05, 0) is 39.2 Å². The Morgan fingerprint density at radius 2 is 2.11 bits per heavy atom. The first-order valence-electron chi connectivity index (χ1n) is 9.31. The summed E-state index contributed by atoms with van der Waals surface area (Å²) in [5.74, 6) is 0.988. The Labute approximate surface area is 159 Å². The van der Waals surface area contributed by atoms with Gasteiger partial charge in [0.15, 0.2) is 0 Å². The van der Waals surface area contributed by atoms with Crippen molar-refractivity contribution in [2.75, 3.05) is 24.6 Å². The number of nitrogens with zero attached hydrogens (tertiary/aromatic N) is 2. The smallest absolute Gasteiger partial charge is 0.407 e. The fourth-order valence-corrected chi connectivity index (χ4v) is 3.86. The van der Waals surface area contributed by atoms with Gasteiger partial charge in [0.2, 0.25) is 0 Å². The minimum absolute atomic E-state index is 0.0874. The number of carbonyl (C=O) groups excluding carboxylic acids is 1. The number of nitrogens with one attached hydrogen (secondary N) is 1. The Kier molecular flexibility index (Phi) is 5.17. The van der Waals surface area contributed by atoms with Crippen molar-refractivity contribution < 1.29 is 19.2 Å². The number of nitro groups is 1. The van der Waals surface area contributed by atoms with E-state index in [0.29, 0.717) is 37.6 Å². The van der Waals surface area contributed by atoms with Gasteiger partial charge in [-0.15, -0.1) is 0 Å². The van der Waals surface area contributed by atoms with E-state index in [0.717, 1.165) is 12.0 Å². The molecule has 1 aromatic carbocycles. The van der Waals surface area contributed by atoms with Crippen LogP contribution < -0.4 is 15.0 Å². The molecule has 1 amide bonds. The normalized spacial score (nSPS) is 22.0. The van der Waals surface area contributed by atoms with Crippen LogP contribution in [0.15, 0.2) is 12.1 Å². The first-order valence-corrected chi connectivity index (χ1v) is 9.31. The zero-order valence-electron chi connectivity index (χ0n) is 16.3. The summed E-state index contributed by atoms with van der Waals surface area (Å²) in [6.07, 6.45) is 0.994. The maximum absolute atomic E-state index is 12.2. The van der Waals surface area contributed by atoms with Crippen LogP contribution in [0.4, 0.5) is 16.2 Å². The molecule has 0 bridgehead atoms. The third kappa shape index (κ3) is 4.43. The van der Waals surface area contributed by atoms with Gasteiger partial charge in [-0.3, -0.25) is 10.1 Å². The van der Waals surface area contributed by atoms with Crippen molar-refractivity contribution in [1.82, 2.24) is 5.32 Å². The van der Waals surface area contributed by atoms with Crippen LogP contribution in [0.5, 0.6) is 5.75 Å². The molecule has 0 spiro atoms. The number of rotatable bonds is 3. The number of piperidine rings is 1. The first kappa shape index (κ1) is 19.3. The maximum atomic E-state index is 12.2. The second-order valence-electron chi connectivity index (χ2n) is 8.35. The lowest BCUT2D eigenvalue weighted by molar-refractivity contribution is -0.384. The van der Waals surface area contributed by atoms with E-state index < -0.39 is 11.7 Å². The molecule has 1 N–H and O–H groups in total. The van der Waals surface area contributed by atoms with Crippen LogP contribution in [-0.4, -0.2) is 42.4 Å². The number of amides is 1. The van der Waals surface area contributed by atoms with Gasteiger partial charge in [-0.25, -0.2) is 4.79 Å². The van der Waals surface area contributed by atoms with Crippen molar-refractivity contribution in [1.29, 1.82) is 0 Å². The van der Waals surface area contributed by atoms with E-state index in [-0.39, 0.29) is 22.6 Å². The number of hydrogen-bond acceptors (Lipinski definition) is 6. The van der Waals surface area contributed by atoms with Crippen LogP contribution in [0.3, 0.4) is 0 Å². The molecule has 1 aromatic rings. The van der Waals surface area contributed by atoms with Crippen LogP contribution in [0, 0.1) is 16.0 Å². The zero-order valence-corrected chi connectivity index (χ0v) is 16.3. The molecule has 148 valence electrons. The number of benzene rings is 1. The van der Waals surface area contributed by atoms with E-state index in [9.17, 15) is 14.9 Å². The zero-order chi connectivity index (χ0) is 19.8. The van der Waals surface area contributed by atoms with Gasteiger partial charge < -0.3 is 19.7 Å². The molecule has 3 rings (SSSR count). The first-order chi connectivity index (χ1) is 12.6. The molecule has 0 aliphatic carbocycles. The van der Waals surface area contributed by atoms with Crippen LogP contribution in [0.1, 0.15) is 39.7 Å². The number of anilines is 1. The number of carbonyl (C=O) groups is 1. The lowest BCUT2D eigenvalue weighted by Crippen LogP contribution is -2.51. The summed E-state index contributed by atoms with van der Waals surface area (Å²) in [4.78, 5) is 25.4. The summed E-state index contributed by atoms with van der Waals surface area (Å²) in [6.45, 7) is 9.27. The fourth-order valence-electron chi connectivity index (χ4n) is 3.86. The summed E-state index contributed by atoms with van der Waals surface area (Å²) in [5.41, 5.74) is 1.02. The Morgan fingerprint density at radius 3 is 2.78 bits per heavy atom. The summed E-state index contributed by atoms with van der Waals surface area (Å²) >= 11 is 0. The molecular weight excluding hydrogens is 350 g/mol. The third-order valence-electron chi connectivity index (χ3n) is 4.72. The summed E-state index contributed by atoms with van der Waals surface area (Å²) < 4.78 is 11.0. The number of alkyl carbamates (subject to hydrolysis) is 1. The highest BCUT2D eigenvalue weighted by Gasteiger charge is 2.34. The van der Waals surface area contributed by atoms with E-state index in [1.165, 1.54) is 6.07 Å². The standard InChI is InChI=1S/C19H27N3O5/c1-12-9-13(20-18(23)27-19(2,3)4)11-21(10-12)17-14-7-8-26-16(14)6-5-15(17)22(24)25/h5-6,12-13H,7-11H2,1-4H3,(H,20,23)/t12-,13+/m1/s1. The van der Waals surface area contributed by atoms with Gasteiger partial charge in [-0.2, -0.15) is 0 Å². The van der Waals surface area contributed by atoms with Gasteiger partial charge in [0, 0.05) is 37.2 Å². The monoisotopic (exact) mass is 377 g/mol.